The first kappa shape index (κ1) is 11.7. The standard InChI is InChI=1S/C13H24N2O/c1-10(2)9-15(12-7-8-12)13(16)14-11-5-3-4-6-11/h10-12H,3-9H2,1-2H3,(H,14,16). The largest absolute Gasteiger partial charge is 0.335 e. The van der Waals surface area contributed by atoms with Gasteiger partial charge in [-0.2, -0.15) is 0 Å². The monoisotopic (exact) mass is 224 g/mol. The average Bonchev–Trinajstić information content (AvgIpc) is 2.94. The lowest BCUT2D eigenvalue weighted by molar-refractivity contribution is 0.183. The van der Waals surface area contributed by atoms with Gasteiger partial charge in [0.05, 0.1) is 0 Å². The van der Waals surface area contributed by atoms with Crippen LogP contribution >= 0.6 is 0 Å². The molecule has 0 aliphatic heterocycles. The zero-order valence-corrected chi connectivity index (χ0v) is 10.5. The highest BCUT2D eigenvalue weighted by atomic mass is 16.2. The summed E-state index contributed by atoms with van der Waals surface area (Å²) < 4.78 is 0. The van der Waals surface area contributed by atoms with Crippen molar-refractivity contribution in [3.8, 4) is 0 Å². The molecule has 92 valence electrons. The second kappa shape index (κ2) is 5.07. The Bertz CT molecular complexity index is 242. The minimum atomic E-state index is 0.183. The average molecular weight is 224 g/mol. The molecule has 0 aromatic carbocycles. The molecule has 2 rings (SSSR count). The molecule has 16 heavy (non-hydrogen) atoms. The van der Waals surface area contributed by atoms with E-state index >= 15 is 0 Å². The molecule has 0 aromatic rings. The van der Waals surface area contributed by atoms with Crippen LogP contribution < -0.4 is 5.32 Å². The Morgan fingerprint density at radius 1 is 1.25 bits per heavy atom. The van der Waals surface area contributed by atoms with Crippen LogP contribution in [0.2, 0.25) is 0 Å². The van der Waals surface area contributed by atoms with Crippen molar-refractivity contribution >= 4 is 6.03 Å². The number of carbonyl (C=O) groups excluding carboxylic acids is 1. The highest BCUT2D eigenvalue weighted by Crippen LogP contribution is 2.28. The number of hydrogen-bond acceptors (Lipinski definition) is 1. The molecule has 3 heteroatoms. The number of nitrogens with one attached hydrogen (secondary N) is 1. The third-order valence-electron chi connectivity index (χ3n) is 3.49. The number of rotatable bonds is 4. The Labute approximate surface area is 98.6 Å². The van der Waals surface area contributed by atoms with Gasteiger partial charge in [-0.05, 0) is 31.6 Å². The summed E-state index contributed by atoms with van der Waals surface area (Å²) in [4.78, 5) is 14.2. The molecular weight excluding hydrogens is 200 g/mol. The van der Waals surface area contributed by atoms with Crippen LogP contribution in [0.25, 0.3) is 0 Å². The molecule has 2 fully saturated rings. The smallest absolute Gasteiger partial charge is 0.317 e. The zero-order valence-electron chi connectivity index (χ0n) is 10.5. The predicted molar refractivity (Wildman–Crippen MR) is 65.4 cm³/mol. The Balaban J connectivity index is 1.83. The first-order valence-corrected chi connectivity index (χ1v) is 6.74. The van der Waals surface area contributed by atoms with Crippen LogP contribution in [-0.2, 0) is 0 Å². The first-order chi connectivity index (χ1) is 7.66. The van der Waals surface area contributed by atoms with Gasteiger partial charge >= 0.3 is 6.03 Å². The highest BCUT2D eigenvalue weighted by molar-refractivity contribution is 5.75. The van der Waals surface area contributed by atoms with E-state index in [-0.39, 0.29) is 6.03 Å². The molecule has 1 N–H and O–H groups in total. The molecule has 0 saturated heterocycles. The molecule has 0 unspecified atom stereocenters. The first-order valence-electron chi connectivity index (χ1n) is 6.74. The van der Waals surface area contributed by atoms with Gasteiger partial charge in [0.2, 0.25) is 0 Å². The molecule has 3 nitrogen and oxygen atoms in total. The summed E-state index contributed by atoms with van der Waals surface area (Å²) in [7, 11) is 0. The summed E-state index contributed by atoms with van der Waals surface area (Å²) in [5.41, 5.74) is 0. The van der Waals surface area contributed by atoms with Gasteiger partial charge in [0.25, 0.3) is 0 Å². The molecule has 0 heterocycles. The molecule has 2 saturated carbocycles. The fraction of sp³-hybridized carbons (Fsp3) is 0.923. The maximum atomic E-state index is 12.1. The third-order valence-corrected chi connectivity index (χ3v) is 3.49. The van der Waals surface area contributed by atoms with Crippen molar-refractivity contribution in [2.75, 3.05) is 6.54 Å². The van der Waals surface area contributed by atoms with E-state index in [1.807, 2.05) is 0 Å². The van der Waals surface area contributed by atoms with E-state index < -0.39 is 0 Å². The van der Waals surface area contributed by atoms with Crippen molar-refractivity contribution < 1.29 is 4.79 Å². The van der Waals surface area contributed by atoms with E-state index in [1.54, 1.807) is 0 Å². The van der Waals surface area contributed by atoms with Gasteiger partial charge in [0.15, 0.2) is 0 Å². The molecule has 0 atom stereocenters. The van der Waals surface area contributed by atoms with Crippen molar-refractivity contribution in [1.29, 1.82) is 0 Å². The third kappa shape index (κ3) is 3.13. The lowest BCUT2D eigenvalue weighted by Gasteiger charge is -2.26. The molecule has 2 aliphatic rings. The molecule has 0 bridgehead atoms. The molecule has 2 aliphatic carbocycles. The highest BCUT2D eigenvalue weighted by Gasteiger charge is 2.33. The quantitative estimate of drug-likeness (QED) is 0.782. The Kier molecular flexibility index (Phi) is 3.72. The normalized spacial score (nSPS) is 21.4. The Hall–Kier alpha value is -0.730. The van der Waals surface area contributed by atoms with Crippen molar-refractivity contribution in [2.45, 2.75) is 64.5 Å². The molecule has 2 amide bonds. The van der Waals surface area contributed by atoms with Gasteiger partial charge in [-0.3, -0.25) is 0 Å². The van der Waals surface area contributed by atoms with Crippen molar-refractivity contribution in [3.63, 3.8) is 0 Å². The summed E-state index contributed by atoms with van der Waals surface area (Å²) in [6.45, 7) is 5.26. The number of urea groups is 1. The van der Waals surface area contributed by atoms with Gasteiger partial charge < -0.3 is 10.2 Å². The number of nitrogens with zero attached hydrogens (tertiary/aromatic N) is 1. The maximum Gasteiger partial charge on any atom is 0.317 e. The SMILES string of the molecule is CC(C)CN(C(=O)NC1CCCC1)C1CC1. The van der Waals surface area contributed by atoms with E-state index in [1.165, 1.54) is 38.5 Å². The van der Waals surface area contributed by atoms with E-state index in [2.05, 4.69) is 24.1 Å². The van der Waals surface area contributed by atoms with Crippen LogP contribution in [0.3, 0.4) is 0 Å². The fourth-order valence-electron chi connectivity index (χ4n) is 2.51. The summed E-state index contributed by atoms with van der Waals surface area (Å²) in [5, 5.41) is 3.19. The van der Waals surface area contributed by atoms with Crippen LogP contribution in [0.4, 0.5) is 4.79 Å². The number of amides is 2. The summed E-state index contributed by atoms with van der Waals surface area (Å²) >= 11 is 0. The topological polar surface area (TPSA) is 32.3 Å². The van der Waals surface area contributed by atoms with Gasteiger partial charge in [-0.15, -0.1) is 0 Å². The van der Waals surface area contributed by atoms with Crippen molar-refractivity contribution in [3.05, 3.63) is 0 Å². The van der Waals surface area contributed by atoms with E-state index in [0.717, 1.165) is 6.54 Å². The molecular formula is C13H24N2O. The van der Waals surface area contributed by atoms with Crippen LogP contribution in [0.15, 0.2) is 0 Å². The van der Waals surface area contributed by atoms with Gasteiger partial charge in [-0.25, -0.2) is 4.79 Å². The van der Waals surface area contributed by atoms with Gasteiger partial charge in [0.1, 0.15) is 0 Å². The lowest BCUT2D eigenvalue weighted by atomic mass is 10.2. The van der Waals surface area contributed by atoms with Crippen molar-refractivity contribution in [2.24, 2.45) is 5.92 Å². The van der Waals surface area contributed by atoms with E-state index in [4.69, 9.17) is 0 Å². The molecule has 0 radical (unpaired) electrons. The molecule has 0 aromatic heterocycles. The summed E-state index contributed by atoms with van der Waals surface area (Å²) in [5.74, 6) is 0.565. The Morgan fingerprint density at radius 3 is 2.38 bits per heavy atom. The predicted octanol–water partition coefficient (Wildman–Crippen LogP) is 2.76. The molecule has 0 spiro atoms. The van der Waals surface area contributed by atoms with Crippen molar-refractivity contribution in [1.82, 2.24) is 10.2 Å². The van der Waals surface area contributed by atoms with Gasteiger partial charge in [0, 0.05) is 18.6 Å². The van der Waals surface area contributed by atoms with Crippen LogP contribution in [0, 0.1) is 5.92 Å². The van der Waals surface area contributed by atoms with Crippen LogP contribution in [0.1, 0.15) is 52.4 Å². The minimum Gasteiger partial charge on any atom is -0.335 e. The maximum absolute atomic E-state index is 12.1. The summed E-state index contributed by atoms with van der Waals surface area (Å²) in [6.07, 6.45) is 7.30. The number of hydrogen-bond donors (Lipinski definition) is 1. The minimum absolute atomic E-state index is 0.183. The Morgan fingerprint density at radius 2 is 1.88 bits per heavy atom. The van der Waals surface area contributed by atoms with Crippen LogP contribution in [-0.4, -0.2) is 29.6 Å². The fourth-order valence-corrected chi connectivity index (χ4v) is 2.51. The zero-order chi connectivity index (χ0) is 11.5. The second-order valence-electron chi connectivity index (χ2n) is 5.71. The second-order valence-corrected chi connectivity index (χ2v) is 5.71. The lowest BCUT2D eigenvalue weighted by Crippen LogP contribution is -2.46. The summed E-state index contributed by atoms with van der Waals surface area (Å²) in [6, 6.07) is 1.16. The van der Waals surface area contributed by atoms with Gasteiger partial charge in [-0.1, -0.05) is 26.7 Å². The van der Waals surface area contributed by atoms with E-state index in [9.17, 15) is 4.79 Å². The van der Waals surface area contributed by atoms with E-state index in [0.29, 0.717) is 18.0 Å². The number of carbonyl (C=O) groups is 1. The van der Waals surface area contributed by atoms with Crippen LogP contribution in [0.5, 0.6) is 0 Å².